The number of anilines is 1. The fraction of sp³-hybridized carbons (Fsp3) is 0.350. The number of amides is 1. The summed E-state index contributed by atoms with van der Waals surface area (Å²) in [5, 5.41) is 6.48. The second-order valence-electron chi connectivity index (χ2n) is 6.42. The number of hydrogen-bond donors (Lipinski definition) is 2. The summed E-state index contributed by atoms with van der Waals surface area (Å²) in [5.41, 5.74) is 2.18. The Bertz CT molecular complexity index is 963. The molecule has 1 fully saturated rings. The van der Waals surface area contributed by atoms with Crippen molar-refractivity contribution < 1.29 is 75.2 Å². The Labute approximate surface area is 221 Å². The number of pyridine rings is 2. The summed E-state index contributed by atoms with van der Waals surface area (Å²) < 4.78 is 31.1. The largest absolute Gasteiger partial charge is 1.00 e. The molecule has 3 N–H and O–H groups in total. The average Bonchev–Trinajstić information content (AvgIpc) is 3.13. The number of halogens is 2. The summed E-state index contributed by atoms with van der Waals surface area (Å²) in [5.74, 6) is -2.38. The summed E-state index contributed by atoms with van der Waals surface area (Å²) in [6.07, 6.45) is 6.30. The van der Waals surface area contributed by atoms with Crippen molar-refractivity contribution in [3.8, 4) is 5.69 Å². The number of rotatable bonds is 3. The summed E-state index contributed by atoms with van der Waals surface area (Å²) >= 11 is 0. The quantitative estimate of drug-likeness (QED) is 0.440. The number of alkyl halides is 2. The number of fused-ring (bicyclic) bond motifs is 1. The molecule has 1 aliphatic heterocycles. The van der Waals surface area contributed by atoms with Crippen molar-refractivity contribution in [1.29, 1.82) is 0 Å². The van der Waals surface area contributed by atoms with Crippen LogP contribution in [0.1, 0.15) is 19.8 Å². The van der Waals surface area contributed by atoms with Gasteiger partial charge in [0, 0.05) is 25.9 Å². The molecule has 0 spiro atoms. The van der Waals surface area contributed by atoms with Gasteiger partial charge in [0.15, 0.2) is 0 Å². The number of carbonyl (C=O) groups is 1. The van der Waals surface area contributed by atoms with Gasteiger partial charge in [-0.2, -0.15) is 0 Å². The van der Waals surface area contributed by atoms with Crippen LogP contribution in [0.15, 0.2) is 43.0 Å². The van der Waals surface area contributed by atoms with Crippen molar-refractivity contribution in [2.24, 2.45) is 0 Å². The molecule has 1 saturated heterocycles. The van der Waals surface area contributed by atoms with E-state index in [1.807, 2.05) is 29.0 Å². The first-order chi connectivity index (χ1) is 14.0. The van der Waals surface area contributed by atoms with E-state index in [2.05, 4.69) is 26.7 Å². The molecule has 31 heavy (non-hydrogen) atoms. The number of ether oxygens (including phenoxy) is 1. The predicted molar refractivity (Wildman–Crippen MR) is 107 cm³/mol. The van der Waals surface area contributed by atoms with E-state index in [9.17, 15) is 13.6 Å². The zero-order valence-electron chi connectivity index (χ0n) is 17.4. The standard InChI is InChI=1S/C15H13N4O2.C5H9F2N.K.H2O/c1-2-21-15(20)18-12-8-13(10-16-9-12)19-7-5-11-4-3-6-17-14(11)19;6-5(7)1-3-8-4-2-5;;/h4-10H,2H2,1H3,(H,18,20);8H,1-4H2;;1H2/q-1;;+1;/p-1. The Hall–Kier alpha value is -1.47. The van der Waals surface area contributed by atoms with Crippen LogP contribution in [0, 0.1) is 6.07 Å². The molecular weight excluding hydrogens is 435 g/mol. The molecule has 8 nitrogen and oxygen atoms in total. The molecule has 0 aliphatic carbocycles. The molecule has 0 aromatic carbocycles. The smallest absolute Gasteiger partial charge is 0.870 e. The fourth-order valence-electron chi connectivity index (χ4n) is 2.83. The fourth-order valence-corrected chi connectivity index (χ4v) is 2.83. The number of nitrogens with zero attached hydrogens (tertiary/aromatic N) is 3. The molecule has 0 radical (unpaired) electrons. The van der Waals surface area contributed by atoms with Crippen molar-refractivity contribution in [2.45, 2.75) is 25.7 Å². The summed E-state index contributed by atoms with van der Waals surface area (Å²) in [4.78, 5) is 19.9. The molecule has 11 heteroatoms. The summed E-state index contributed by atoms with van der Waals surface area (Å²) in [6.45, 7) is 3.00. The van der Waals surface area contributed by atoms with E-state index in [4.69, 9.17) is 4.74 Å². The minimum absolute atomic E-state index is 0. The normalized spacial score (nSPS) is 14.3. The average molecular weight is 459 g/mol. The van der Waals surface area contributed by atoms with Crippen molar-refractivity contribution in [3.05, 3.63) is 49.1 Å². The van der Waals surface area contributed by atoms with Crippen LogP contribution in [0.2, 0.25) is 0 Å². The molecule has 1 aliphatic rings. The molecule has 0 bridgehead atoms. The van der Waals surface area contributed by atoms with E-state index >= 15 is 0 Å². The van der Waals surface area contributed by atoms with E-state index in [0.29, 0.717) is 25.4 Å². The topological polar surface area (TPSA) is 111 Å². The Morgan fingerprint density at radius 3 is 2.74 bits per heavy atom. The van der Waals surface area contributed by atoms with Crippen LogP contribution in [0.4, 0.5) is 19.3 Å². The van der Waals surface area contributed by atoms with Crippen molar-refractivity contribution in [1.82, 2.24) is 19.9 Å². The molecule has 0 atom stereocenters. The van der Waals surface area contributed by atoms with E-state index in [-0.39, 0.29) is 69.7 Å². The van der Waals surface area contributed by atoms with Gasteiger partial charge in [-0.1, -0.05) is 6.20 Å². The van der Waals surface area contributed by atoms with Gasteiger partial charge in [-0.3, -0.25) is 15.3 Å². The van der Waals surface area contributed by atoms with Gasteiger partial charge in [0.25, 0.3) is 5.92 Å². The molecule has 0 unspecified atom stereocenters. The van der Waals surface area contributed by atoms with Crippen molar-refractivity contribution in [2.75, 3.05) is 25.0 Å². The SMILES string of the molecule is CCOC(=O)Nc1cncc(-n2ccc3c[c-]cnc32)c1.FC1(F)CCNCC1.[K+].[OH-]. The maximum absolute atomic E-state index is 12.2. The first kappa shape index (κ1) is 27.6. The molecule has 4 rings (SSSR count). The zero-order chi connectivity index (χ0) is 20.7. The minimum atomic E-state index is -2.38. The van der Waals surface area contributed by atoms with Crippen molar-refractivity contribution >= 4 is 22.8 Å². The molecule has 3 aromatic heterocycles. The van der Waals surface area contributed by atoms with E-state index < -0.39 is 12.0 Å². The Balaban J connectivity index is 0.000000410. The van der Waals surface area contributed by atoms with Crippen LogP contribution in [0.3, 0.4) is 0 Å². The molecule has 0 saturated carbocycles. The number of nitrogens with one attached hydrogen (secondary N) is 2. The van der Waals surface area contributed by atoms with E-state index in [1.165, 1.54) is 0 Å². The van der Waals surface area contributed by atoms with Gasteiger partial charge in [-0.25, -0.2) is 25.7 Å². The molecule has 162 valence electrons. The van der Waals surface area contributed by atoms with Gasteiger partial charge in [-0.05, 0) is 19.2 Å². The molecule has 4 heterocycles. The molecule has 3 aromatic rings. The monoisotopic (exact) mass is 458 g/mol. The van der Waals surface area contributed by atoms with Gasteiger partial charge < -0.3 is 20.1 Å². The number of carbonyl (C=O) groups excluding carboxylic acids is 1. The Kier molecular flexibility index (Phi) is 11.7. The third-order valence-corrected chi connectivity index (χ3v) is 4.25. The van der Waals surface area contributed by atoms with E-state index in [0.717, 1.165) is 16.7 Å². The Morgan fingerprint density at radius 1 is 1.35 bits per heavy atom. The number of hydrogen-bond acceptors (Lipinski definition) is 6. The number of piperidine rings is 1. The number of aromatic nitrogens is 3. The summed E-state index contributed by atoms with van der Waals surface area (Å²) in [6, 6.07) is 8.56. The van der Waals surface area contributed by atoms with Crippen LogP contribution in [0.5, 0.6) is 0 Å². The maximum Gasteiger partial charge on any atom is 1.00 e. The third-order valence-electron chi connectivity index (χ3n) is 4.25. The van der Waals surface area contributed by atoms with Crippen LogP contribution in [0.25, 0.3) is 16.7 Å². The van der Waals surface area contributed by atoms with Gasteiger partial charge in [0.05, 0.1) is 36.0 Å². The predicted octanol–water partition coefficient (Wildman–Crippen LogP) is 0.621. The third kappa shape index (κ3) is 8.18. The van der Waals surface area contributed by atoms with Crippen LogP contribution < -0.4 is 62.0 Å². The van der Waals surface area contributed by atoms with Crippen molar-refractivity contribution in [3.63, 3.8) is 0 Å². The molecular formula is C20H23F2KN5O3-. The minimum Gasteiger partial charge on any atom is -0.870 e. The van der Waals surface area contributed by atoms with Gasteiger partial charge >= 0.3 is 57.5 Å². The van der Waals surface area contributed by atoms with Gasteiger partial charge in [0.2, 0.25) is 0 Å². The summed E-state index contributed by atoms with van der Waals surface area (Å²) in [7, 11) is 0. The van der Waals surface area contributed by atoms with Crippen LogP contribution in [-0.4, -0.2) is 51.7 Å². The first-order valence-corrected chi connectivity index (χ1v) is 9.29. The maximum atomic E-state index is 12.2. The van der Waals surface area contributed by atoms with Crippen LogP contribution >= 0.6 is 0 Å². The first-order valence-electron chi connectivity index (χ1n) is 9.29. The van der Waals surface area contributed by atoms with E-state index in [1.54, 1.807) is 25.5 Å². The van der Waals surface area contributed by atoms with Gasteiger partial charge in [0.1, 0.15) is 0 Å². The molecule has 1 amide bonds. The second-order valence-corrected chi connectivity index (χ2v) is 6.42. The van der Waals surface area contributed by atoms with Gasteiger partial charge in [-0.15, -0.1) is 11.5 Å². The Morgan fingerprint density at radius 2 is 2.10 bits per heavy atom. The van der Waals surface area contributed by atoms with Crippen LogP contribution in [-0.2, 0) is 4.74 Å². The second kappa shape index (κ2) is 13.2. The zero-order valence-corrected chi connectivity index (χ0v) is 20.6.